The number of cyclic esters (lactones) is 1. The van der Waals surface area contributed by atoms with Crippen LogP contribution >= 0.6 is 0 Å². The summed E-state index contributed by atoms with van der Waals surface area (Å²) in [4.78, 5) is 37.8. The Morgan fingerprint density at radius 2 is 1.85 bits per heavy atom. The molecule has 1 amide bonds. The third kappa shape index (κ3) is 7.37. The number of hydrogen-bond donors (Lipinski definition) is 4. The number of hydrogen-bond acceptors (Lipinski definition) is 7. The number of aliphatic hydroxyl groups excluding tert-OH is 2. The molecular weight excluding hydrogens is 510 g/mol. The number of phenolic OH excluding ortho intramolecular Hbond substituents is 1. The van der Waals surface area contributed by atoms with Crippen molar-refractivity contribution < 1.29 is 34.4 Å². The molecule has 3 atom stereocenters. The average Bonchev–Trinajstić information content (AvgIpc) is 2.95. The molecule has 4 N–H and O–H groups in total. The number of allylic oxidation sites excluding steroid dienone is 4. The zero-order chi connectivity index (χ0) is 30.1. The van der Waals surface area contributed by atoms with E-state index in [0.29, 0.717) is 18.4 Å². The lowest BCUT2D eigenvalue weighted by molar-refractivity contribution is -0.152. The molecule has 0 fully saturated rings. The van der Waals surface area contributed by atoms with Crippen molar-refractivity contribution in [3.05, 3.63) is 69.3 Å². The molecule has 0 aromatic heterocycles. The second kappa shape index (κ2) is 14.8. The van der Waals surface area contributed by atoms with Gasteiger partial charge in [-0.15, -0.1) is 0 Å². The zero-order valence-electron chi connectivity index (χ0n) is 24.6. The fraction of sp³-hybridized carbons (Fsp3) is 0.469. The minimum Gasteiger partial charge on any atom is -0.508 e. The highest BCUT2D eigenvalue weighted by molar-refractivity contribution is 6.01. The van der Waals surface area contributed by atoms with Gasteiger partial charge in [0.15, 0.2) is 11.9 Å². The van der Waals surface area contributed by atoms with E-state index in [1.807, 2.05) is 54.5 Å². The van der Waals surface area contributed by atoms with Crippen LogP contribution in [0.25, 0.3) is 5.57 Å². The average molecular weight is 554 g/mol. The van der Waals surface area contributed by atoms with Crippen molar-refractivity contribution in [2.45, 2.75) is 67.4 Å². The van der Waals surface area contributed by atoms with E-state index in [-0.39, 0.29) is 36.2 Å². The molecule has 1 aromatic rings. The lowest BCUT2D eigenvalue weighted by Crippen LogP contribution is -2.36. The first-order chi connectivity index (χ1) is 19.0. The molecule has 8 nitrogen and oxygen atoms in total. The predicted molar refractivity (Wildman–Crippen MR) is 155 cm³/mol. The van der Waals surface area contributed by atoms with Gasteiger partial charge in [-0.1, -0.05) is 52.8 Å². The van der Waals surface area contributed by atoms with Crippen molar-refractivity contribution >= 4 is 23.2 Å². The van der Waals surface area contributed by atoms with Gasteiger partial charge in [0, 0.05) is 23.6 Å². The third-order valence-electron chi connectivity index (χ3n) is 7.36. The number of carbonyl (C=O) groups excluding carboxylic acids is 3. The Bertz CT molecular complexity index is 1250. The largest absolute Gasteiger partial charge is 0.508 e. The molecule has 3 unspecified atom stereocenters. The first kappa shape index (κ1) is 32.7. The number of esters is 1. The van der Waals surface area contributed by atoms with Gasteiger partial charge in [-0.3, -0.25) is 9.59 Å². The summed E-state index contributed by atoms with van der Waals surface area (Å²) in [7, 11) is 0. The first-order valence-corrected chi connectivity index (χ1v) is 13.9. The molecule has 1 aromatic carbocycles. The maximum atomic E-state index is 13.5. The highest BCUT2D eigenvalue weighted by atomic mass is 16.5. The molecule has 0 saturated carbocycles. The molecule has 0 bridgehead atoms. The Morgan fingerprint density at radius 3 is 2.48 bits per heavy atom. The summed E-state index contributed by atoms with van der Waals surface area (Å²) in [6, 6.07) is 5.03. The van der Waals surface area contributed by atoms with Gasteiger partial charge in [0.25, 0.3) is 0 Å². The molecule has 3 rings (SSSR count). The van der Waals surface area contributed by atoms with Gasteiger partial charge >= 0.3 is 5.97 Å². The van der Waals surface area contributed by atoms with E-state index in [4.69, 9.17) is 4.74 Å². The molecule has 40 heavy (non-hydrogen) atoms. The van der Waals surface area contributed by atoms with Crippen molar-refractivity contribution in [2.24, 2.45) is 11.8 Å². The summed E-state index contributed by atoms with van der Waals surface area (Å²) in [6.07, 6.45) is 3.32. The van der Waals surface area contributed by atoms with Crippen LogP contribution in [-0.2, 0) is 19.1 Å². The van der Waals surface area contributed by atoms with Crippen molar-refractivity contribution in [1.29, 1.82) is 0 Å². The standard InChI is InChI=1S/C30H37NO7.C2H6/c1-6-7-21-18(4)11-24-26(15-38-30(37)29(24)36)28(35)19(5)17(3)10-23(21)25(13-31-27(34)14-32)22-12-20(33)9-8-16(22)2;1-2/h7-9,11-12,17,19,29,32-33,36H,6,10,13-15H2,1-5H3,(H,31,34);1-2H3/b18-11+,21-7+,25-23-;. The van der Waals surface area contributed by atoms with Crippen molar-refractivity contribution in [3.8, 4) is 5.75 Å². The van der Waals surface area contributed by atoms with Crippen LogP contribution < -0.4 is 5.32 Å². The number of amides is 1. The third-order valence-corrected chi connectivity index (χ3v) is 7.36. The van der Waals surface area contributed by atoms with E-state index >= 15 is 0 Å². The summed E-state index contributed by atoms with van der Waals surface area (Å²) >= 11 is 0. The highest BCUT2D eigenvalue weighted by Crippen LogP contribution is 2.39. The van der Waals surface area contributed by atoms with Crippen LogP contribution in [0.1, 0.15) is 65.5 Å². The zero-order valence-corrected chi connectivity index (χ0v) is 24.6. The lowest BCUT2D eigenvalue weighted by atomic mass is 9.76. The molecule has 8 heteroatoms. The lowest BCUT2D eigenvalue weighted by Gasteiger charge is -2.30. The molecule has 1 aliphatic heterocycles. The van der Waals surface area contributed by atoms with Gasteiger partial charge in [0.2, 0.25) is 5.91 Å². The molecule has 218 valence electrons. The fourth-order valence-corrected chi connectivity index (χ4v) is 4.98. The quantitative estimate of drug-likeness (QED) is 0.399. The van der Waals surface area contributed by atoms with E-state index in [1.165, 1.54) is 0 Å². The number of benzene rings is 1. The molecule has 2 aliphatic rings. The number of rotatable bonds is 5. The van der Waals surface area contributed by atoms with Crippen LogP contribution in [0.15, 0.2) is 58.2 Å². The Kier molecular flexibility index (Phi) is 12.1. The van der Waals surface area contributed by atoms with Crippen LogP contribution in [-0.4, -0.2) is 58.8 Å². The Morgan fingerprint density at radius 1 is 1.18 bits per heavy atom. The summed E-state index contributed by atoms with van der Waals surface area (Å²) in [5.41, 5.74) is 5.38. The van der Waals surface area contributed by atoms with Gasteiger partial charge in [-0.2, -0.15) is 0 Å². The second-order valence-corrected chi connectivity index (χ2v) is 10.0. The summed E-state index contributed by atoms with van der Waals surface area (Å²) in [6.45, 7) is 12.8. The number of carbonyl (C=O) groups is 3. The van der Waals surface area contributed by atoms with Gasteiger partial charge < -0.3 is 25.4 Å². The maximum absolute atomic E-state index is 13.5. The topological polar surface area (TPSA) is 133 Å². The number of aliphatic hydroxyl groups is 2. The molecule has 1 aliphatic carbocycles. The van der Waals surface area contributed by atoms with Crippen molar-refractivity contribution in [1.82, 2.24) is 5.32 Å². The number of ether oxygens (including phenoxy) is 1. The summed E-state index contributed by atoms with van der Waals surface area (Å²) < 4.78 is 5.09. The van der Waals surface area contributed by atoms with Gasteiger partial charge in [-0.05, 0) is 78.2 Å². The number of nitrogens with one attached hydrogen (secondary N) is 1. The number of phenols is 1. The minimum atomic E-state index is -1.56. The summed E-state index contributed by atoms with van der Waals surface area (Å²) in [5, 5.41) is 33.1. The van der Waals surface area contributed by atoms with E-state index < -0.39 is 30.5 Å². The number of aromatic hydroxyl groups is 1. The Hall–Kier alpha value is -3.49. The SMILES string of the molecule is CC.CC/C=C1C(\C)=C\C2=C(COC(=O)C2O)C(=O)C(C)C(C)CC\1=C(/CNC(=O)CO)c1cc(O)ccc1C. The van der Waals surface area contributed by atoms with Crippen LogP contribution in [0.5, 0.6) is 5.75 Å². The highest BCUT2D eigenvalue weighted by Gasteiger charge is 2.36. The minimum absolute atomic E-state index is 0.0700. The normalized spacial score (nSPS) is 25.2. The predicted octanol–water partition coefficient (Wildman–Crippen LogP) is 4.33. The summed E-state index contributed by atoms with van der Waals surface area (Å²) in [5.74, 6) is -2.06. The van der Waals surface area contributed by atoms with Gasteiger partial charge in [0.1, 0.15) is 19.0 Å². The van der Waals surface area contributed by atoms with E-state index in [2.05, 4.69) is 5.32 Å². The Balaban J connectivity index is 0.00000274. The molecule has 1 heterocycles. The fourth-order valence-electron chi connectivity index (χ4n) is 4.98. The number of Topliss-reactive ketones (excluding diaryl/α,β-unsaturated/α-hetero) is 1. The Labute approximate surface area is 237 Å². The van der Waals surface area contributed by atoms with E-state index in [1.54, 1.807) is 24.3 Å². The van der Waals surface area contributed by atoms with Gasteiger partial charge in [0.05, 0.1) is 0 Å². The molecule has 0 radical (unpaired) electrons. The molecule has 0 saturated heterocycles. The first-order valence-electron chi connectivity index (χ1n) is 13.9. The van der Waals surface area contributed by atoms with Crippen LogP contribution in [0, 0.1) is 18.8 Å². The van der Waals surface area contributed by atoms with Crippen molar-refractivity contribution in [2.75, 3.05) is 19.8 Å². The van der Waals surface area contributed by atoms with E-state index in [9.17, 15) is 29.7 Å². The smallest absolute Gasteiger partial charge is 0.340 e. The number of aryl methyl sites for hydroxylation is 1. The monoisotopic (exact) mass is 553 g/mol. The molecular formula is C32H43NO7. The van der Waals surface area contributed by atoms with Crippen LogP contribution in [0.4, 0.5) is 0 Å². The second-order valence-electron chi connectivity index (χ2n) is 10.0. The van der Waals surface area contributed by atoms with Crippen molar-refractivity contribution in [3.63, 3.8) is 0 Å². The van der Waals surface area contributed by atoms with E-state index in [0.717, 1.165) is 33.4 Å². The molecule has 0 spiro atoms. The van der Waals surface area contributed by atoms with Gasteiger partial charge in [-0.25, -0.2) is 4.79 Å². The van der Waals surface area contributed by atoms with Crippen LogP contribution in [0.2, 0.25) is 0 Å². The number of ketones is 1. The van der Waals surface area contributed by atoms with Crippen LogP contribution in [0.3, 0.4) is 0 Å². The maximum Gasteiger partial charge on any atom is 0.340 e.